The van der Waals surface area contributed by atoms with Crippen LogP contribution in [-0.2, 0) is 4.79 Å². The smallest absolute Gasteiger partial charge is 0.251 e. The molecule has 7 heteroatoms. The van der Waals surface area contributed by atoms with Crippen LogP contribution >= 0.6 is 0 Å². The van der Waals surface area contributed by atoms with Gasteiger partial charge in [-0.15, -0.1) is 0 Å². The average Bonchev–Trinajstić information content (AvgIpc) is 3.24. The van der Waals surface area contributed by atoms with Crippen LogP contribution in [0.2, 0.25) is 0 Å². The Kier molecular flexibility index (Phi) is 8.11. The molecule has 7 nitrogen and oxygen atoms in total. The van der Waals surface area contributed by atoms with Crippen molar-refractivity contribution in [1.29, 1.82) is 0 Å². The van der Waals surface area contributed by atoms with Crippen LogP contribution in [0.1, 0.15) is 54.4 Å². The Balaban J connectivity index is 1.36. The monoisotopic (exact) mass is 413 g/mol. The minimum absolute atomic E-state index is 0.0730. The topological polar surface area (TPSA) is 85.8 Å². The fourth-order valence-corrected chi connectivity index (χ4v) is 4.32. The Hall–Kier alpha value is -2.57. The van der Waals surface area contributed by atoms with Gasteiger partial charge in [-0.3, -0.25) is 14.6 Å². The molecule has 1 aliphatic carbocycles. The molecule has 2 amide bonds. The Morgan fingerprint density at radius 1 is 1.10 bits per heavy atom. The maximum absolute atomic E-state index is 12.7. The zero-order valence-electron chi connectivity index (χ0n) is 18.2. The van der Waals surface area contributed by atoms with Crippen molar-refractivity contribution in [1.82, 2.24) is 20.9 Å². The number of amides is 2. The maximum Gasteiger partial charge on any atom is 0.251 e. The van der Waals surface area contributed by atoms with Crippen molar-refractivity contribution in [2.45, 2.75) is 51.5 Å². The summed E-state index contributed by atoms with van der Waals surface area (Å²) in [7, 11) is 1.74. The van der Waals surface area contributed by atoms with Gasteiger partial charge in [-0.2, -0.15) is 0 Å². The molecule has 0 aromatic heterocycles. The lowest BCUT2D eigenvalue weighted by molar-refractivity contribution is -0.135. The van der Waals surface area contributed by atoms with Gasteiger partial charge in [0.1, 0.15) is 0 Å². The van der Waals surface area contributed by atoms with Gasteiger partial charge in [-0.1, -0.05) is 37.0 Å². The molecule has 164 valence electrons. The number of carbonyl (C=O) groups excluding carboxylic acids is 2. The number of likely N-dealkylation sites (tertiary alicyclic amines) is 1. The maximum atomic E-state index is 12.7. The van der Waals surface area contributed by atoms with Crippen LogP contribution in [-0.4, -0.2) is 61.9 Å². The van der Waals surface area contributed by atoms with Crippen LogP contribution in [0.3, 0.4) is 0 Å². The van der Waals surface area contributed by atoms with E-state index in [4.69, 9.17) is 0 Å². The highest BCUT2D eigenvalue weighted by atomic mass is 16.2. The number of nitrogens with one attached hydrogen (secondary N) is 3. The molecule has 1 aromatic carbocycles. The first-order valence-corrected chi connectivity index (χ1v) is 11.2. The van der Waals surface area contributed by atoms with Gasteiger partial charge in [0.25, 0.3) is 5.91 Å². The molecule has 1 saturated heterocycles. The van der Waals surface area contributed by atoms with E-state index >= 15 is 0 Å². The highest BCUT2D eigenvalue weighted by Gasteiger charge is 2.31. The standard InChI is InChI=1S/C23H35N5O2/c1-17-7-6-10-19(15-17)21(29)25-12-13-26-23(24-2)27-20-11-14-28(16-20)22(30)18-8-4-3-5-9-18/h6-7,10,15,18,20H,3-5,8-9,11-14,16H2,1-2H3,(H,25,29)(H2,24,26,27). The Bertz CT molecular complexity index is 758. The summed E-state index contributed by atoms with van der Waals surface area (Å²) >= 11 is 0. The molecular formula is C23H35N5O2. The summed E-state index contributed by atoms with van der Waals surface area (Å²) in [6, 6.07) is 7.77. The number of hydrogen-bond acceptors (Lipinski definition) is 3. The number of guanidine groups is 1. The molecule has 0 spiro atoms. The molecule has 0 bridgehead atoms. The van der Waals surface area contributed by atoms with Crippen LogP contribution in [0.25, 0.3) is 0 Å². The normalized spacial score (nSPS) is 20.1. The lowest BCUT2D eigenvalue weighted by Crippen LogP contribution is -2.47. The summed E-state index contributed by atoms with van der Waals surface area (Å²) in [4.78, 5) is 31.2. The Morgan fingerprint density at radius 3 is 2.60 bits per heavy atom. The summed E-state index contributed by atoms with van der Waals surface area (Å²) in [5, 5.41) is 9.58. The predicted molar refractivity (Wildman–Crippen MR) is 120 cm³/mol. The number of hydrogen-bond donors (Lipinski definition) is 3. The Labute approximate surface area is 179 Å². The number of aliphatic imine (C=N–C) groups is 1. The van der Waals surface area contributed by atoms with E-state index in [0.29, 0.717) is 30.5 Å². The highest BCUT2D eigenvalue weighted by molar-refractivity contribution is 5.94. The fraction of sp³-hybridized carbons (Fsp3) is 0.609. The lowest BCUT2D eigenvalue weighted by atomic mass is 9.88. The van der Waals surface area contributed by atoms with Gasteiger partial charge in [-0.25, -0.2) is 0 Å². The second-order valence-corrected chi connectivity index (χ2v) is 8.37. The van der Waals surface area contributed by atoms with Crippen molar-refractivity contribution in [3.05, 3.63) is 35.4 Å². The predicted octanol–water partition coefficient (Wildman–Crippen LogP) is 2.07. The van der Waals surface area contributed by atoms with Crippen molar-refractivity contribution in [2.75, 3.05) is 33.2 Å². The molecule has 1 atom stereocenters. The van der Waals surface area contributed by atoms with Gasteiger partial charge in [-0.05, 0) is 38.3 Å². The molecule has 3 rings (SSSR count). The quantitative estimate of drug-likeness (QED) is 0.379. The molecule has 1 heterocycles. The van der Waals surface area contributed by atoms with Crippen molar-refractivity contribution in [2.24, 2.45) is 10.9 Å². The number of rotatable bonds is 6. The van der Waals surface area contributed by atoms with Crippen molar-refractivity contribution >= 4 is 17.8 Å². The van der Waals surface area contributed by atoms with Crippen LogP contribution < -0.4 is 16.0 Å². The minimum Gasteiger partial charge on any atom is -0.355 e. The third-order valence-electron chi connectivity index (χ3n) is 6.00. The molecular weight excluding hydrogens is 378 g/mol. The van der Waals surface area contributed by atoms with E-state index in [1.165, 1.54) is 19.3 Å². The molecule has 1 aromatic rings. The SMILES string of the molecule is CN=C(NCCNC(=O)c1cccc(C)c1)NC1CCN(C(=O)C2CCCCC2)C1. The van der Waals surface area contributed by atoms with Crippen molar-refractivity contribution in [3.8, 4) is 0 Å². The summed E-state index contributed by atoms with van der Waals surface area (Å²) in [6.07, 6.45) is 6.66. The van der Waals surface area contributed by atoms with E-state index in [9.17, 15) is 9.59 Å². The molecule has 30 heavy (non-hydrogen) atoms. The van der Waals surface area contributed by atoms with Gasteiger partial charge in [0, 0.05) is 50.7 Å². The first-order valence-electron chi connectivity index (χ1n) is 11.2. The first-order chi connectivity index (χ1) is 14.6. The highest BCUT2D eigenvalue weighted by Crippen LogP contribution is 2.26. The molecule has 1 unspecified atom stereocenters. The van der Waals surface area contributed by atoms with Crippen LogP contribution in [0.5, 0.6) is 0 Å². The molecule has 0 radical (unpaired) electrons. The average molecular weight is 414 g/mol. The van der Waals surface area contributed by atoms with Gasteiger partial charge >= 0.3 is 0 Å². The van der Waals surface area contributed by atoms with E-state index in [-0.39, 0.29) is 17.9 Å². The van der Waals surface area contributed by atoms with E-state index in [2.05, 4.69) is 20.9 Å². The largest absolute Gasteiger partial charge is 0.355 e. The summed E-state index contributed by atoms with van der Waals surface area (Å²) in [5.74, 6) is 1.20. The minimum atomic E-state index is -0.0730. The number of carbonyl (C=O) groups is 2. The van der Waals surface area contributed by atoms with E-state index in [0.717, 1.165) is 37.9 Å². The van der Waals surface area contributed by atoms with Gasteiger partial charge in [0.05, 0.1) is 0 Å². The summed E-state index contributed by atoms with van der Waals surface area (Å²) in [5.41, 5.74) is 1.74. The van der Waals surface area contributed by atoms with Gasteiger partial charge < -0.3 is 20.9 Å². The van der Waals surface area contributed by atoms with Crippen LogP contribution in [0.15, 0.2) is 29.3 Å². The number of nitrogens with zero attached hydrogens (tertiary/aromatic N) is 2. The van der Waals surface area contributed by atoms with Crippen molar-refractivity contribution < 1.29 is 9.59 Å². The van der Waals surface area contributed by atoms with Crippen molar-refractivity contribution in [3.63, 3.8) is 0 Å². The summed E-state index contributed by atoms with van der Waals surface area (Å²) < 4.78 is 0. The first kappa shape index (κ1) is 22.1. The number of benzene rings is 1. The Morgan fingerprint density at radius 2 is 1.87 bits per heavy atom. The molecule has 3 N–H and O–H groups in total. The fourth-order valence-electron chi connectivity index (χ4n) is 4.32. The zero-order chi connectivity index (χ0) is 21.3. The molecule has 2 aliphatic rings. The van der Waals surface area contributed by atoms with Gasteiger partial charge in [0.2, 0.25) is 5.91 Å². The van der Waals surface area contributed by atoms with Crippen LogP contribution in [0, 0.1) is 12.8 Å². The molecule has 1 saturated carbocycles. The van der Waals surface area contributed by atoms with Crippen LogP contribution in [0.4, 0.5) is 0 Å². The van der Waals surface area contributed by atoms with E-state index < -0.39 is 0 Å². The summed E-state index contributed by atoms with van der Waals surface area (Å²) in [6.45, 7) is 4.61. The second-order valence-electron chi connectivity index (χ2n) is 8.37. The third kappa shape index (κ3) is 6.21. The van der Waals surface area contributed by atoms with E-state index in [1.807, 2.05) is 36.1 Å². The third-order valence-corrected chi connectivity index (χ3v) is 6.00. The second kappa shape index (κ2) is 11.0. The zero-order valence-corrected chi connectivity index (χ0v) is 18.2. The van der Waals surface area contributed by atoms with E-state index in [1.54, 1.807) is 7.05 Å². The lowest BCUT2D eigenvalue weighted by Gasteiger charge is -2.26. The van der Waals surface area contributed by atoms with Gasteiger partial charge in [0.15, 0.2) is 5.96 Å². The molecule has 1 aliphatic heterocycles. The number of aryl methyl sites for hydroxylation is 1. The molecule has 2 fully saturated rings.